The Morgan fingerprint density at radius 1 is 1.33 bits per heavy atom. The van der Waals surface area contributed by atoms with Crippen LogP contribution in [0, 0.1) is 17.8 Å². The van der Waals surface area contributed by atoms with E-state index in [0.29, 0.717) is 24.8 Å². The molecule has 0 spiro atoms. The number of rotatable bonds is 3. The van der Waals surface area contributed by atoms with E-state index in [0.717, 1.165) is 19.3 Å². The average Bonchev–Trinajstić information content (AvgIpc) is 3.02. The molecule has 5 unspecified atom stereocenters. The molecule has 5 nitrogen and oxygen atoms in total. The van der Waals surface area contributed by atoms with Gasteiger partial charge in [-0.1, -0.05) is 0 Å². The second-order valence-electron chi connectivity index (χ2n) is 5.98. The maximum Gasteiger partial charge on any atom is 0.225 e. The van der Waals surface area contributed by atoms with Gasteiger partial charge in [0, 0.05) is 25.0 Å². The van der Waals surface area contributed by atoms with E-state index in [2.05, 4.69) is 10.6 Å². The van der Waals surface area contributed by atoms with Gasteiger partial charge in [-0.3, -0.25) is 9.59 Å². The molecule has 5 heteroatoms. The molecule has 0 radical (unpaired) electrons. The topological polar surface area (TPSA) is 84.2 Å². The van der Waals surface area contributed by atoms with E-state index in [1.165, 1.54) is 6.42 Å². The first kappa shape index (κ1) is 12.0. The SMILES string of the molecule is NC1C2CCC(C2)C1C(=O)NCC1CCC(=O)N1. The monoisotopic (exact) mass is 251 g/mol. The highest BCUT2D eigenvalue weighted by Crippen LogP contribution is 2.47. The number of amides is 2. The maximum absolute atomic E-state index is 12.2. The molecule has 2 bridgehead atoms. The second-order valence-corrected chi connectivity index (χ2v) is 5.98. The van der Waals surface area contributed by atoms with Gasteiger partial charge in [0.2, 0.25) is 11.8 Å². The minimum atomic E-state index is 0.000791. The van der Waals surface area contributed by atoms with Gasteiger partial charge in [0.15, 0.2) is 0 Å². The predicted molar refractivity (Wildman–Crippen MR) is 66.5 cm³/mol. The zero-order valence-corrected chi connectivity index (χ0v) is 10.5. The summed E-state index contributed by atoms with van der Waals surface area (Å²) in [4.78, 5) is 23.2. The summed E-state index contributed by atoms with van der Waals surface area (Å²) in [5.74, 6) is 1.22. The lowest BCUT2D eigenvalue weighted by Crippen LogP contribution is -2.48. The van der Waals surface area contributed by atoms with Crippen LogP contribution in [0.4, 0.5) is 0 Å². The molecule has 2 saturated carbocycles. The Morgan fingerprint density at radius 3 is 2.72 bits per heavy atom. The Morgan fingerprint density at radius 2 is 2.11 bits per heavy atom. The lowest BCUT2D eigenvalue weighted by Gasteiger charge is -2.27. The molecule has 2 amide bonds. The number of nitrogens with two attached hydrogens (primary N) is 1. The van der Waals surface area contributed by atoms with Crippen molar-refractivity contribution in [2.75, 3.05) is 6.54 Å². The third-order valence-electron chi connectivity index (χ3n) is 4.89. The summed E-state index contributed by atoms with van der Waals surface area (Å²) in [5, 5.41) is 5.83. The molecule has 4 N–H and O–H groups in total. The summed E-state index contributed by atoms with van der Waals surface area (Å²) in [7, 11) is 0. The van der Waals surface area contributed by atoms with E-state index in [9.17, 15) is 9.59 Å². The number of hydrogen-bond donors (Lipinski definition) is 3. The van der Waals surface area contributed by atoms with Crippen molar-refractivity contribution in [1.82, 2.24) is 10.6 Å². The lowest BCUT2D eigenvalue weighted by atomic mass is 9.84. The summed E-state index contributed by atoms with van der Waals surface area (Å²) in [5.41, 5.74) is 6.14. The molecule has 0 aromatic heterocycles. The Bertz CT molecular complexity index is 369. The molecule has 2 aliphatic carbocycles. The molecular weight excluding hydrogens is 230 g/mol. The standard InChI is InChI=1S/C13H21N3O2/c14-12-8-2-1-7(5-8)11(12)13(18)15-6-9-3-4-10(17)16-9/h7-9,11-12H,1-6,14H2,(H,15,18)(H,16,17). The normalized spacial score (nSPS) is 42.1. The fraction of sp³-hybridized carbons (Fsp3) is 0.846. The minimum Gasteiger partial charge on any atom is -0.354 e. The molecule has 18 heavy (non-hydrogen) atoms. The van der Waals surface area contributed by atoms with Gasteiger partial charge >= 0.3 is 0 Å². The first-order valence-corrected chi connectivity index (χ1v) is 6.98. The molecule has 0 aromatic rings. The molecular formula is C13H21N3O2. The van der Waals surface area contributed by atoms with E-state index in [1.807, 2.05) is 0 Å². The van der Waals surface area contributed by atoms with Crippen molar-refractivity contribution < 1.29 is 9.59 Å². The highest BCUT2D eigenvalue weighted by Gasteiger charge is 2.49. The summed E-state index contributed by atoms with van der Waals surface area (Å²) in [6.45, 7) is 0.547. The van der Waals surface area contributed by atoms with Crippen LogP contribution in [-0.2, 0) is 9.59 Å². The van der Waals surface area contributed by atoms with Crippen LogP contribution in [-0.4, -0.2) is 30.4 Å². The minimum absolute atomic E-state index is 0.000791. The average molecular weight is 251 g/mol. The van der Waals surface area contributed by atoms with Gasteiger partial charge < -0.3 is 16.4 Å². The van der Waals surface area contributed by atoms with Crippen LogP contribution in [0.1, 0.15) is 32.1 Å². The number of carbonyl (C=O) groups is 2. The van der Waals surface area contributed by atoms with Crippen molar-refractivity contribution in [2.24, 2.45) is 23.5 Å². The molecule has 100 valence electrons. The summed E-state index contributed by atoms with van der Waals surface area (Å²) in [6, 6.07) is 0.151. The largest absolute Gasteiger partial charge is 0.354 e. The van der Waals surface area contributed by atoms with Crippen molar-refractivity contribution in [1.29, 1.82) is 0 Å². The number of hydrogen-bond acceptors (Lipinski definition) is 3. The highest BCUT2D eigenvalue weighted by atomic mass is 16.2. The molecule has 1 aliphatic heterocycles. The van der Waals surface area contributed by atoms with Gasteiger partial charge in [-0.25, -0.2) is 0 Å². The van der Waals surface area contributed by atoms with E-state index >= 15 is 0 Å². The fourth-order valence-electron chi connectivity index (χ4n) is 3.90. The van der Waals surface area contributed by atoms with Crippen molar-refractivity contribution >= 4 is 11.8 Å². The lowest BCUT2D eigenvalue weighted by molar-refractivity contribution is -0.127. The van der Waals surface area contributed by atoms with Gasteiger partial charge in [-0.2, -0.15) is 0 Å². The van der Waals surface area contributed by atoms with Crippen molar-refractivity contribution in [3.05, 3.63) is 0 Å². The van der Waals surface area contributed by atoms with Gasteiger partial charge in [-0.15, -0.1) is 0 Å². The van der Waals surface area contributed by atoms with Gasteiger partial charge in [0.1, 0.15) is 0 Å². The van der Waals surface area contributed by atoms with Crippen LogP contribution < -0.4 is 16.4 Å². The molecule has 3 rings (SSSR count). The van der Waals surface area contributed by atoms with Crippen LogP contribution in [0.25, 0.3) is 0 Å². The zero-order chi connectivity index (χ0) is 12.7. The van der Waals surface area contributed by atoms with Crippen LogP contribution in [0.3, 0.4) is 0 Å². The molecule has 1 heterocycles. The fourth-order valence-corrected chi connectivity index (χ4v) is 3.90. The van der Waals surface area contributed by atoms with Crippen LogP contribution >= 0.6 is 0 Å². The molecule has 1 saturated heterocycles. The highest BCUT2D eigenvalue weighted by molar-refractivity contribution is 5.81. The third-order valence-corrected chi connectivity index (χ3v) is 4.89. The first-order valence-electron chi connectivity index (χ1n) is 6.98. The third kappa shape index (κ3) is 2.00. The molecule has 0 aromatic carbocycles. The Labute approximate surface area is 107 Å². The quantitative estimate of drug-likeness (QED) is 0.647. The maximum atomic E-state index is 12.2. The Hall–Kier alpha value is -1.10. The number of fused-ring (bicyclic) bond motifs is 2. The van der Waals surface area contributed by atoms with Crippen LogP contribution in [0.15, 0.2) is 0 Å². The van der Waals surface area contributed by atoms with Crippen molar-refractivity contribution in [3.63, 3.8) is 0 Å². The van der Waals surface area contributed by atoms with E-state index in [4.69, 9.17) is 5.73 Å². The summed E-state index contributed by atoms with van der Waals surface area (Å²) >= 11 is 0. The smallest absolute Gasteiger partial charge is 0.225 e. The molecule has 3 fully saturated rings. The Kier molecular flexibility index (Phi) is 3.01. The van der Waals surface area contributed by atoms with Gasteiger partial charge in [0.05, 0.1) is 5.92 Å². The van der Waals surface area contributed by atoms with Gasteiger partial charge in [0.25, 0.3) is 0 Å². The molecule has 5 atom stereocenters. The van der Waals surface area contributed by atoms with E-state index in [-0.39, 0.29) is 29.8 Å². The summed E-state index contributed by atoms with van der Waals surface area (Å²) < 4.78 is 0. The Balaban J connectivity index is 1.51. The van der Waals surface area contributed by atoms with E-state index in [1.54, 1.807) is 0 Å². The molecule has 3 aliphatic rings. The van der Waals surface area contributed by atoms with Crippen LogP contribution in [0.5, 0.6) is 0 Å². The summed E-state index contributed by atoms with van der Waals surface area (Å²) in [6.07, 6.45) is 4.86. The van der Waals surface area contributed by atoms with Crippen molar-refractivity contribution in [2.45, 2.75) is 44.2 Å². The number of nitrogens with one attached hydrogen (secondary N) is 2. The number of carbonyl (C=O) groups excluding carboxylic acids is 2. The first-order chi connectivity index (χ1) is 8.65. The van der Waals surface area contributed by atoms with Gasteiger partial charge in [-0.05, 0) is 37.5 Å². The predicted octanol–water partition coefficient (Wildman–Crippen LogP) is -0.245. The second kappa shape index (κ2) is 4.53. The van der Waals surface area contributed by atoms with E-state index < -0.39 is 0 Å². The van der Waals surface area contributed by atoms with Crippen LogP contribution in [0.2, 0.25) is 0 Å². The zero-order valence-electron chi connectivity index (χ0n) is 10.5. The van der Waals surface area contributed by atoms with Crippen molar-refractivity contribution in [3.8, 4) is 0 Å².